The van der Waals surface area contributed by atoms with Gasteiger partial charge in [-0.05, 0) is 18.4 Å². The molecule has 2 aromatic rings. The Labute approximate surface area is 130 Å². The molecule has 0 unspecified atom stereocenters. The molecule has 1 aliphatic rings. The van der Waals surface area contributed by atoms with E-state index in [0.717, 1.165) is 17.0 Å². The van der Waals surface area contributed by atoms with Crippen LogP contribution >= 0.6 is 11.8 Å². The third-order valence-corrected chi connectivity index (χ3v) is 3.94. The lowest BCUT2D eigenvalue weighted by molar-refractivity contribution is 0.250. The van der Waals surface area contributed by atoms with E-state index in [1.807, 2.05) is 6.26 Å². The minimum Gasteiger partial charge on any atom is -0.284 e. The molecule has 1 aliphatic heterocycles. The number of hydrogen-bond donors (Lipinski definition) is 0. The third-order valence-electron chi connectivity index (χ3n) is 3.37. The number of fused-ring (bicyclic) bond motifs is 1. The lowest BCUT2D eigenvalue weighted by atomic mass is 10.2. The fourth-order valence-corrected chi connectivity index (χ4v) is 2.65. The Bertz CT molecular complexity index is 735. The van der Waals surface area contributed by atoms with Gasteiger partial charge in [0, 0.05) is 18.8 Å². The summed E-state index contributed by atoms with van der Waals surface area (Å²) in [5.41, 5.74) is 0.265. The molecular formula is C14H12F2N4OS. The summed E-state index contributed by atoms with van der Waals surface area (Å²) in [6.45, 7) is 0.0189. The average molecular weight is 322 g/mol. The molecule has 0 saturated heterocycles. The number of urea groups is 1. The molecule has 0 fully saturated rings. The summed E-state index contributed by atoms with van der Waals surface area (Å²) >= 11 is 1.35. The zero-order valence-electron chi connectivity index (χ0n) is 11.9. The highest BCUT2D eigenvalue weighted by Crippen LogP contribution is 2.32. The maximum Gasteiger partial charge on any atom is 0.330 e. The van der Waals surface area contributed by atoms with Gasteiger partial charge in [0.1, 0.15) is 23.1 Å². The number of benzene rings is 1. The largest absolute Gasteiger partial charge is 0.330 e. The van der Waals surface area contributed by atoms with Crippen molar-refractivity contribution in [3.05, 3.63) is 41.6 Å². The number of aromatic nitrogens is 2. The summed E-state index contributed by atoms with van der Waals surface area (Å²) < 4.78 is 27.9. The van der Waals surface area contributed by atoms with Crippen molar-refractivity contribution in [1.82, 2.24) is 9.97 Å². The standard InChI is InChI=1S/C14H12F2N4OS/c1-19-12-8(6-17-13(18-12)22-2)7-20(14(19)21)11-9(15)4-3-5-10(11)16/h3-6H,7H2,1-2H3. The van der Waals surface area contributed by atoms with Crippen LogP contribution in [0.1, 0.15) is 5.56 Å². The fraction of sp³-hybridized carbons (Fsp3) is 0.214. The second-order valence-corrected chi connectivity index (χ2v) is 5.48. The Hall–Kier alpha value is -2.22. The number of carbonyl (C=O) groups is 1. The van der Waals surface area contributed by atoms with Gasteiger partial charge in [0.25, 0.3) is 0 Å². The quantitative estimate of drug-likeness (QED) is 0.630. The number of para-hydroxylation sites is 1. The van der Waals surface area contributed by atoms with Crippen molar-refractivity contribution < 1.29 is 13.6 Å². The first kappa shape index (κ1) is 14.7. The van der Waals surface area contributed by atoms with Crippen molar-refractivity contribution in [2.45, 2.75) is 11.7 Å². The van der Waals surface area contributed by atoms with Gasteiger partial charge in [-0.15, -0.1) is 0 Å². The van der Waals surface area contributed by atoms with Crippen LogP contribution in [0.25, 0.3) is 0 Å². The first-order valence-corrected chi connectivity index (χ1v) is 7.64. The van der Waals surface area contributed by atoms with Crippen molar-refractivity contribution in [2.75, 3.05) is 23.1 Å². The molecule has 114 valence electrons. The molecule has 2 amide bonds. The van der Waals surface area contributed by atoms with E-state index < -0.39 is 17.7 Å². The summed E-state index contributed by atoms with van der Waals surface area (Å²) in [6, 6.07) is 2.96. The molecule has 1 aromatic carbocycles. The molecule has 0 N–H and O–H groups in total. The fourth-order valence-electron chi connectivity index (χ4n) is 2.31. The number of anilines is 2. The summed E-state index contributed by atoms with van der Waals surface area (Å²) in [5.74, 6) is -1.11. The first-order valence-electron chi connectivity index (χ1n) is 6.42. The topological polar surface area (TPSA) is 49.3 Å². The van der Waals surface area contributed by atoms with E-state index in [1.54, 1.807) is 6.20 Å². The van der Waals surface area contributed by atoms with Gasteiger partial charge in [0.2, 0.25) is 0 Å². The van der Waals surface area contributed by atoms with Crippen molar-refractivity contribution in [2.24, 2.45) is 0 Å². The number of amides is 2. The molecule has 0 saturated carbocycles. The van der Waals surface area contributed by atoms with E-state index in [4.69, 9.17) is 0 Å². The maximum atomic E-state index is 13.9. The van der Waals surface area contributed by atoms with E-state index >= 15 is 0 Å². The van der Waals surface area contributed by atoms with Crippen LogP contribution in [0.15, 0.2) is 29.6 Å². The summed E-state index contributed by atoms with van der Waals surface area (Å²) in [4.78, 5) is 23.2. The van der Waals surface area contributed by atoms with Gasteiger partial charge in [-0.1, -0.05) is 17.8 Å². The van der Waals surface area contributed by atoms with Gasteiger partial charge in [0.15, 0.2) is 5.16 Å². The second-order valence-electron chi connectivity index (χ2n) is 4.70. The second kappa shape index (κ2) is 5.53. The van der Waals surface area contributed by atoms with Crippen LogP contribution in [0.3, 0.4) is 0 Å². The summed E-state index contributed by atoms with van der Waals surface area (Å²) in [5, 5.41) is 0.531. The molecule has 2 heterocycles. The molecule has 22 heavy (non-hydrogen) atoms. The van der Waals surface area contributed by atoms with E-state index in [2.05, 4.69) is 9.97 Å². The highest BCUT2D eigenvalue weighted by molar-refractivity contribution is 7.98. The lowest BCUT2D eigenvalue weighted by Crippen LogP contribution is -2.46. The monoisotopic (exact) mass is 322 g/mol. The van der Waals surface area contributed by atoms with Crippen LogP contribution in [0, 0.1) is 11.6 Å². The Morgan fingerprint density at radius 2 is 1.95 bits per heavy atom. The van der Waals surface area contributed by atoms with Crippen LogP contribution in [0.5, 0.6) is 0 Å². The number of thioether (sulfide) groups is 1. The number of nitrogens with zero attached hydrogens (tertiary/aromatic N) is 4. The van der Waals surface area contributed by atoms with E-state index in [9.17, 15) is 13.6 Å². The van der Waals surface area contributed by atoms with Gasteiger partial charge in [0.05, 0.1) is 6.54 Å². The van der Waals surface area contributed by atoms with Crippen molar-refractivity contribution in [3.8, 4) is 0 Å². The Kier molecular flexibility index (Phi) is 3.69. The third kappa shape index (κ3) is 2.29. The Morgan fingerprint density at radius 1 is 1.27 bits per heavy atom. The Balaban J connectivity index is 2.08. The van der Waals surface area contributed by atoms with Crippen LogP contribution < -0.4 is 9.80 Å². The molecule has 0 aliphatic carbocycles. The zero-order valence-corrected chi connectivity index (χ0v) is 12.7. The number of rotatable bonds is 2. The minimum absolute atomic E-state index is 0.0189. The highest BCUT2D eigenvalue weighted by Gasteiger charge is 2.33. The molecule has 1 aromatic heterocycles. The molecule has 0 radical (unpaired) electrons. The lowest BCUT2D eigenvalue weighted by Gasteiger charge is -2.34. The van der Waals surface area contributed by atoms with Gasteiger partial charge in [-0.25, -0.2) is 23.5 Å². The predicted molar refractivity (Wildman–Crippen MR) is 80.2 cm³/mol. The van der Waals surface area contributed by atoms with Gasteiger partial charge in [-0.3, -0.25) is 9.80 Å². The highest BCUT2D eigenvalue weighted by atomic mass is 32.2. The molecule has 5 nitrogen and oxygen atoms in total. The molecule has 3 rings (SSSR count). The minimum atomic E-state index is -0.785. The van der Waals surface area contributed by atoms with Gasteiger partial charge < -0.3 is 0 Å². The van der Waals surface area contributed by atoms with Crippen molar-refractivity contribution in [1.29, 1.82) is 0 Å². The molecule has 0 bridgehead atoms. The average Bonchev–Trinajstić information content (AvgIpc) is 2.51. The molecule has 8 heteroatoms. The van der Waals surface area contributed by atoms with Crippen LogP contribution in [-0.2, 0) is 6.54 Å². The molecular weight excluding hydrogens is 310 g/mol. The number of carbonyl (C=O) groups excluding carboxylic acids is 1. The SMILES string of the molecule is CSc1ncc2c(n1)N(C)C(=O)N(c1c(F)cccc1F)C2. The van der Waals surface area contributed by atoms with Crippen molar-refractivity contribution >= 4 is 29.3 Å². The zero-order chi connectivity index (χ0) is 15.9. The molecule has 0 spiro atoms. The Morgan fingerprint density at radius 3 is 2.59 bits per heavy atom. The normalized spacial score (nSPS) is 14.3. The smallest absolute Gasteiger partial charge is 0.284 e. The summed E-state index contributed by atoms with van der Waals surface area (Å²) in [6.07, 6.45) is 3.40. The van der Waals surface area contributed by atoms with E-state index in [0.29, 0.717) is 16.5 Å². The maximum absolute atomic E-state index is 13.9. The summed E-state index contributed by atoms with van der Waals surface area (Å²) in [7, 11) is 1.52. The number of hydrogen-bond acceptors (Lipinski definition) is 4. The van der Waals surface area contributed by atoms with Crippen LogP contribution in [0.2, 0.25) is 0 Å². The van der Waals surface area contributed by atoms with Crippen molar-refractivity contribution in [3.63, 3.8) is 0 Å². The first-order chi connectivity index (χ1) is 10.5. The molecule has 0 atom stereocenters. The van der Waals surface area contributed by atoms with E-state index in [1.165, 1.54) is 29.8 Å². The van der Waals surface area contributed by atoms with Crippen LogP contribution in [0.4, 0.5) is 25.1 Å². The van der Waals surface area contributed by atoms with E-state index in [-0.39, 0.29) is 12.2 Å². The van der Waals surface area contributed by atoms with Crippen LogP contribution in [-0.4, -0.2) is 29.3 Å². The van der Waals surface area contributed by atoms with Gasteiger partial charge in [-0.2, -0.15) is 0 Å². The number of halogens is 2. The predicted octanol–water partition coefficient (Wildman–Crippen LogP) is 3.05. The van der Waals surface area contributed by atoms with Gasteiger partial charge >= 0.3 is 6.03 Å².